The van der Waals surface area contributed by atoms with Gasteiger partial charge in [0.25, 0.3) is 10.0 Å². The van der Waals surface area contributed by atoms with Gasteiger partial charge in [-0.3, -0.25) is 9.59 Å². The SMILES string of the molecule is O=C1CSc2ccc(S(=O)(=O)NC(=O)[C@@H]3C[C@H]3c3ccc(Br)cc3)cc2N1. The van der Waals surface area contributed by atoms with Crippen LogP contribution in [0.15, 0.2) is 56.7 Å². The summed E-state index contributed by atoms with van der Waals surface area (Å²) >= 11 is 4.71. The van der Waals surface area contributed by atoms with Crippen molar-refractivity contribution in [1.29, 1.82) is 0 Å². The highest BCUT2D eigenvalue weighted by Gasteiger charge is 2.45. The van der Waals surface area contributed by atoms with E-state index in [0.717, 1.165) is 14.9 Å². The molecule has 1 saturated carbocycles. The number of hydrogen-bond acceptors (Lipinski definition) is 5. The molecule has 2 amide bonds. The summed E-state index contributed by atoms with van der Waals surface area (Å²) in [7, 11) is -4.00. The number of anilines is 1. The number of sulfonamides is 1. The fourth-order valence-corrected chi connectivity index (χ4v) is 5.17. The number of amides is 2. The lowest BCUT2D eigenvalue weighted by atomic mass is 10.1. The highest BCUT2D eigenvalue weighted by Crippen LogP contribution is 2.47. The van der Waals surface area contributed by atoms with E-state index in [1.54, 1.807) is 6.07 Å². The van der Waals surface area contributed by atoms with Gasteiger partial charge in [-0.1, -0.05) is 28.1 Å². The first-order chi connectivity index (χ1) is 12.8. The lowest BCUT2D eigenvalue weighted by Gasteiger charge is -2.17. The number of rotatable bonds is 4. The van der Waals surface area contributed by atoms with Crippen LogP contribution in [0.3, 0.4) is 0 Å². The number of thioether (sulfide) groups is 1. The third-order valence-electron chi connectivity index (χ3n) is 4.55. The molecule has 1 fully saturated rings. The molecule has 1 heterocycles. The van der Waals surface area contributed by atoms with Crippen molar-refractivity contribution >= 4 is 55.2 Å². The summed E-state index contributed by atoms with van der Waals surface area (Å²) in [6.07, 6.45) is 0.625. The number of nitrogens with one attached hydrogen (secondary N) is 2. The molecule has 140 valence electrons. The van der Waals surface area contributed by atoms with Gasteiger partial charge in [0.05, 0.1) is 16.3 Å². The molecular weight excluding hydrogens is 452 g/mol. The van der Waals surface area contributed by atoms with Crippen molar-refractivity contribution in [2.45, 2.75) is 22.1 Å². The van der Waals surface area contributed by atoms with Crippen molar-refractivity contribution < 1.29 is 18.0 Å². The van der Waals surface area contributed by atoms with Gasteiger partial charge < -0.3 is 5.32 Å². The maximum absolute atomic E-state index is 12.6. The van der Waals surface area contributed by atoms with E-state index < -0.39 is 15.9 Å². The summed E-state index contributed by atoms with van der Waals surface area (Å²) in [6.45, 7) is 0. The number of fused-ring (bicyclic) bond motifs is 1. The Kier molecular flexibility index (Phi) is 4.77. The average molecular weight is 467 g/mol. The van der Waals surface area contributed by atoms with E-state index in [4.69, 9.17) is 0 Å². The molecule has 9 heteroatoms. The zero-order valence-electron chi connectivity index (χ0n) is 13.9. The molecule has 0 unspecified atom stereocenters. The minimum Gasteiger partial charge on any atom is -0.324 e. The Balaban J connectivity index is 1.47. The van der Waals surface area contributed by atoms with Crippen molar-refractivity contribution in [3.05, 3.63) is 52.5 Å². The van der Waals surface area contributed by atoms with Crippen molar-refractivity contribution in [3.8, 4) is 0 Å². The Labute approximate surface area is 169 Å². The molecule has 0 bridgehead atoms. The van der Waals surface area contributed by atoms with Gasteiger partial charge in [0.1, 0.15) is 0 Å². The van der Waals surface area contributed by atoms with Gasteiger partial charge in [-0.05, 0) is 48.2 Å². The minimum atomic E-state index is -4.00. The molecule has 4 rings (SSSR count). The quantitative estimate of drug-likeness (QED) is 0.721. The van der Waals surface area contributed by atoms with Gasteiger partial charge >= 0.3 is 0 Å². The summed E-state index contributed by atoms with van der Waals surface area (Å²) in [5, 5.41) is 2.65. The molecule has 1 aliphatic heterocycles. The zero-order valence-corrected chi connectivity index (χ0v) is 17.2. The number of benzene rings is 2. The monoisotopic (exact) mass is 466 g/mol. The normalized spacial score (nSPS) is 21.1. The third kappa shape index (κ3) is 3.90. The van der Waals surface area contributed by atoms with E-state index >= 15 is 0 Å². The van der Waals surface area contributed by atoms with Crippen LogP contribution in [-0.2, 0) is 19.6 Å². The number of carbonyl (C=O) groups excluding carboxylic acids is 2. The van der Waals surface area contributed by atoms with E-state index in [1.165, 1.54) is 23.9 Å². The van der Waals surface area contributed by atoms with Crippen LogP contribution in [-0.4, -0.2) is 26.0 Å². The van der Waals surface area contributed by atoms with Gasteiger partial charge in [-0.15, -0.1) is 11.8 Å². The number of halogens is 1. The number of hydrogen-bond donors (Lipinski definition) is 2. The first-order valence-electron chi connectivity index (χ1n) is 8.22. The van der Waals surface area contributed by atoms with E-state index in [9.17, 15) is 18.0 Å². The second-order valence-corrected chi connectivity index (χ2v) is 10.1. The Hall–Kier alpha value is -1.84. The first kappa shape index (κ1) is 18.5. The zero-order chi connectivity index (χ0) is 19.2. The smallest absolute Gasteiger partial charge is 0.264 e. The summed E-state index contributed by atoms with van der Waals surface area (Å²) in [6, 6.07) is 12.1. The van der Waals surface area contributed by atoms with Crippen LogP contribution in [0.25, 0.3) is 0 Å². The van der Waals surface area contributed by atoms with E-state index in [-0.39, 0.29) is 22.6 Å². The summed E-state index contributed by atoms with van der Waals surface area (Å²) in [5.74, 6) is -0.698. The van der Waals surface area contributed by atoms with Gasteiger partial charge in [0, 0.05) is 15.3 Å². The standard InChI is InChI=1S/C18H15BrN2O4S2/c19-11-3-1-10(2-4-11)13-8-14(13)18(23)21-27(24,25)12-5-6-16-15(7-12)20-17(22)9-26-16/h1-7,13-14H,8-9H2,(H,20,22)(H,21,23)/t13-,14+/m0/s1. The van der Waals surface area contributed by atoms with Gasteiger partial charge in [0.15, 0.2) is 0 Å². The molecule has 2 aliphatic rings. The molecule has 2 atom stereocenters. The fourth-order valence-electron chi connectivity index (χ4n) is 3.06. The highest BCUT2D eigenvalue weighted by molar-refractivity contribution is 9.10. The van der Waals surface area contributed by atoms with Crippen LogP contribution in [0, 0.1) is 5.92 Å². The topological polar surface area (TPSA) is 92.3 Å². The van der Waals surface area contributed by atoms with Crippen LogP contribution in [0.1, 0.15) is 17.9 Å². The predicted octanol–water partition coefficient (Wildman–Crippen LogP) is 3.10. The molecule has 0 saturated heterocycles. The van der Waals surface area contributed by atoms with Crippen molar-refractivity contribution in [1.82, 2.24) is 4.72 Å². The number of carbonyl (C=O) groups is 2. The van der Waals surface area contributed by atoms with Crippen LogP contribution in [0.4, 0.5) is 5.69 Å². The second kappa shape index (κ2) is 6.96. The Morgan fingerprint density at radius 2 is 1.93 bits per heavy atom. The average Bonchev–Trinajstić information content (AvgIpc) is 3.42. The molecule has 1 aliphatic carbocycles. The molecule has 0 aromatic heterocycles. The van der Waals surface area contributed by atoms with Gasteiger partial charge in [-0.25, -0.2) is 13.1 Å². The van der Waals surface area contributed by atoms with Crippen LogP contribution < -0.4 is 10.0 Å². The molecular formula is C18H15BrN2O4S2. The predicted molar refractivity (Wildman–Crippen MR) is 106 cm³/mol. The molecule has 2 aromatic carbocycles. The first-order valence-corrected chi connectivity index (χ1v) is 11.5. The lowest BCUT2D eigenvalue weighted by Crippen LogP contribution is -2.32. The van der Waals surface area contributed by atoms with Crippen molar-refractivity contribution in [2.75, 3.05) is 11.1 Å². The van der Waals surface area contributed by atoms with E-state index in [0.29, 0.717) is 17.9 Å². The van der Waals surface area contributed by atoms with Crippen molar-refractivity contribution in [2.24, 2.45) is 5.92 Å². The summed E-state index contributed by atoms with van der Waals surface area (Å²) < 4.78 is 28.3. The van der Waals surface area contributed by atoms with E-state index in [1.807, 2.05) is 24.3 Å². The van der Waals surface area contributed by atoms with Gasteiger partial charge in [-0.2, -0.15) is 0 Å². The Morgan fingerprint density at radius 3 is 2.67 bits per heavy atom. The largest absolute Gasteiger partial charge is 0.324 e. The fraction of sp³-hybridized carbons (Fsp3) is 0.222. The van der Waals surface area contributed by atoms with E-state index in [2.05, 4.69) is 26.0 Å². The summed E-state index contributed by atoms with van der Waals surface area (Å²) in [4.78, 5) is 24.7. The molecule has 27 heavy (non-hydrogen) atoms. The second-order valence-electron chi connectivity index (χ2n) is 6.46. The lowest BCUT2D eigenvalue weighted by molar-refractivity contribution is -0.120. The van der Waals surface area contributed by atoms with Crippen LogP contribution in [0.5, 0.6) is 0 Å². The van der Waals surface area contributed by atoms with Gasteiger partial charge in [0.2, 0.25) is 11.8 Å². The molecule has 0 spiro atoms. The van der Waals surface area contributed by atoms with Crippen LogP contribution in [0.2, 0.25) is 0 Å². The minimum absolute atomic E-state index is 0.0347. The van der Waals surface area contributed by atoms with Crippen LogP contribution >= 0.6 is 27.7 Å². The molecule has 6 nitrogen and oxygen atoms in total. The maximum Gasteiger partial charge on any atom is 0.264 e. The van der Waals surface area contributed by atoms with Crippen molar-refractivity contribution in [3.63, 3.8) is 0 Å². The summed E-state index contributed by atoms with van der Waals surface area (Å²) in [5.41, 5.74) is 1.47. The third-order valence-corrected chi connectivity index (χ3v) is 7.50. The highest BCUT2D eigenvalue weighted by atomic mass is 79.9. The molecule has 0 radical (unpaired) electrons. The Morgan fingerprint density at radius 1 is 1.19 bits per heavy atom. The molecule has 2 N–H and O–H groups in total. The Bertz CT molecular complexity index is 1040. The maximum atomic E-state index is 12.6. The molecule has 2 aromatic rings.